The van der Waals surface area contributed by atoms with Gasteiger partial charge in [0.25, 0.3) is 5.56 Å². The maximum absolute atomic E-state index is 13.6. The number of fused-ring (bicyclic) bond motifs is 1. The van der Waals surface area contributed by atoms with Gasteiger partial charge in [-0.1, -0.05) is 35.0 Å². The Bertz CT molecular complexity index is 1440. The van der Waals surface area contributed by atoms with Crippen LogP contribution in [-0.2, 0) is 16.0 Å². The first kappa shape index (κ1) is 24.8. The molecule has 1 unspecified atom stereocenters. The van der Waals surface area contributed by atoms with Crippen molar-refractivity contribution in [1.29, 1.82) is 0 Å². The predicted molar refractivity (Wildman–Crippen MR) is 142 cm³/mol. The Hall–Kier alpha value is -3.30. The molecule has 0 radical (unpaired) electrons. The van der Waals surface area contributed by atoms with Crippen LogP contribution in [0.3, 0.4) is 0 Å². The van der Waals surface area contributed by atoms with Crippen molar-refractivity contribution in [2.24, 2.45) is 0 Å². The number of nitrogens with one attached hydrogen (secondary N) is 1. The fourth-order valence-corrected chi connectivity index (χ4v) is 5.13. The van der Waals surface area contributed by atoms with Gasteiger partial charge < -0.3 is 10.1 Å². The number of carbonyl (C=O) groups is 2. The number of benzene rings is 2. The van der Waals surface area contributed by atoms with E-state index in [9.17, 15) is 14.4 Å². The van der Waals surface area contributed by atoms with E-state index in [0.717, 1.165) is 26.9 Å². The zero-order valence-corrected chi connectivity index (χ0v) is 21.9. The van der Waals surface area contributed by atoms with Crippen LogP contribution >= 0.6 is 27.3 Å². The van der Waals surface area contributed by atoms with Gasteiger partial charge in [0.1, 0.15) is 10.9 Å². The minimum Gasteiger partial charge on any atom is -0.462 e. The van der Waals surface area contributed by atoms with Gasteiger partial charge in [0.15, 0.2) is 0 Å². The van der Waals surface area contributed by atoms with Crippen LogP contribution in [0, 0.1) is 0 Å². The van der Waals surface area contributed by atoms with Crippen molar-refractivity contribution in [3.8, 4) is 11.1 Å². The third-order valence-corrected chi connectivity index (χ3v) is 7.40. The number of nitrogens with zero attached hydrogens (tertiary/aromatic N) is 2. The second-order valence-corrected chi connectivity index (χ2v) is 9.86. The van der Waals surface area contributed by atoms with E-state index in [1.54, 1.807) is 38.1 Å². The Morgan fingerprint density at radius 2 is 1.80 bits per heavy atom. The minimum atomic E-state index is -0.799. The minimum absolute atomic E-state index is 0.260. The van der Waals surface area contributed by atoms with E-state index in [4.69, 9.17) is 4.74 Å². The highest BCUT2D eigenvalue weighted by Gasteiger charge is 2.22. The average Bonchev–Trinajstić information content (AvgIpc) is 3.24. The molecule has 7 nitrogen and oxygen atoms in total. The lowest BCUT2D eigenvalue weighted by Crippen LogP contribution is -2.31. The van der Waals surface area contributed by atoms with E-state index in [1.807, 2.05) is 24.3 Å². The number of anilines is 1. The molecule has 0 aliphatic carbocycles. The zero-order chi connectivity index (χ0) is 25.1. The van der Waals surface area contributed by atoms with Crippen LogP contribution in [0.4, 0.5) is 5.69 Å². The molecule has 2 aromatic heterocycles. The molecule has 0 fully saturated rings. The maximum Gasteiger partial charge on any atom is 0.338 e. The Morgan fingerprint density at radius 3 is 2.43 bits per heavy atom. The van der Waals surface area contributed by atoms with Gasteiger partial charge in [-0.2, -0.15) is 0 Å². The van der Waals surface area contributed by atoms with Gasteiger partial charge in [-0.3, -0.25) is 14.2 Å². The number of ether oxygens (including phenoxy) is 1. The predicted octanol–water partition coefficient (Wildman–Crippen LogP) is 5.83. The average molecular weight is 554 g/mol. The lowest BCUT2D eigenvalue weighted by Gasteiger charge is -2.15. The molecule has 1 N–H and O–H groups in total. The van der Waals surface area contributed by atoms with Crippen molar-refractivity contribution in [2.75, 3.05) is 11.9 Å². The molecule has 0 saturated heterocycles. The van der Waals surface area contributed by atoms with Crippen LogP contribution in [0.1, 0.15) is 42.0 Å². The van der Waals surface area contributed by atoms with E-state index in [-0.39, 0.29) is 18.1 Å². The number of aryl methyl sites for hydroxylation is 1. The molecule has 9 heteroatoms. The number of halogens is 1. The lowest BCUT2D eigenvalue weighted by molar-refractivity contribution is -0.118. The highest BCUT2D eigenvalue weighted by Crippen LogP contribution is 2.37. The summed E-state index contributed by atoms with van der Waals surface area (Å²) in [6.45, 7) is 5.73. The first-order valence-corrected chi connectivity index (χ1v) is 12.8. The quantitative estimate of drug-likeness (QED) is 0.291. The van der Waals surface area contributed by atoms with E-state index in [1.165, 1.54) is 22.2 Å². The summed E-state index contributed by atoms with van der Waals surface area (Å²) in [6.07, 6.45) is 2.20. The van der Waals surface area contributed by atoms with Gasteiger partial charge in [0, 0.05) is 20.6 Å². The standard InChI is InChI=1S/C26H24BrN3O4S/c1-4-20-21(16-6-10-18(27)11-7-16)22-24(35-20)28-14-30(25(22)32)15(3)23(31)29-19-12-8-17(9-13-19)26(33)34-5-2/h6-15H,4-5H2,1-3H3,(H,29,31). The smallest absolute Gasteiger partial charge is 0.338 e. The Kier molecular flexibility index (Phi) is 7.47. The van der Waals surface area contributed by atoms with Gasteiger partial charge >= 0.3 is 5.97 Å². The van der Waals surface area contributed by atoms with Crippen molar-refractivity contribution in [3.63, 3.8) is 0 Å². The van der Waals surface area contributed by atoms with Crippen LogP contribution in [0.25, 0.3) is 21.3 Å². The van der Waals surface area contributed by atoms with Crippen molar-refractivity contribution < 1.29 is 14.3 Å². The molecular formula is C26H24BrN3O4S. The van der Waals surface area contributed by atoms with Crippen molar-refractivity contribution >= 4 is 55.0 Å². The number of rotatable bonds is 7. The summed E-state index contributed by atoms with van der Waals surface area (Å²) in [5.41, 5.74) is 2.45. The van der Waals surface area contributed by atoms with Crippen LogP contribution in [0.5, 0.6) is 0 Å². The molecule has 1 atom stereocenters. The van der Waals surface area contributed by atoms with Crippen molar-refractivity contribution in [2.45, 2.75) is 33.2 Å². The number of thiophene rings is 1. The third-order valence-electron chi connectivity index (χ3n) is 5.62. The van der Waals surface area contributed by atoms with Gasteiger partial charge in [-0.15, -0.1) is 11.3 Å². The van der Waals surface area contributed by atoms with E-state index in [0.29, 0.717) is 21.5 Å². The summed E-state index contributed by atoms with van der Waals surface area (Å²) in [5.74, 6) is -0.790. The van der Waals surface area contributed by atoms with Gasteiger partial charge in [-0.25, -0.2) is 9.78 Å². The summed E-state index contributed by atoms with van der Waals surface area (Å²) in [4.78, 5) is 44.6. The molecule has 4 rings (SSSR count). The van der Waals surface area contributed by atoms with Crippen LogP contribution in [-0.4, -0.2) is 28.0 Å². The molecule has 2 heterocycles. The van der Waals surface area contributed by atoms with Gasteiger partial charge in [-0.05, 0) is 62.2 Å². The highest BCUT2D eigenvalue weighted by molar-refractivity contribution is 9.10. The Balaban J connectivity index is 1.65. The number of carbonyl (C=O) groups excluding carboxylic acids is 2. The molecule has 0 saturated carbocycles. The molecule has 2 aromatic carbocycles. The summed E-state index contributed by atoms with van der Waals surface area (Å²) < 4.78 is 7.29. The fraction of sp³-hybridized carbons (Fsp3) is 0.231. The molecule has 0 spiro atoms. The fourth-order valence-electron chi connectivity index (χ4n) is 3.77. The van der Waals surface area contributed by atoms with E-state index in [2.05, 4.69) is 33.2 Å². The number of amides is 1. The number of hydrogen-bond acceptors (Lipinski definition) is 6. The zero-order valence-electron chi connectivity index (χ0n) is 19.5. The molecule has 4 aromatic rings. The molecule has 0 aliphatic rings. The highest BCUT2D eigenvalue weighted by atomic mass is 79.9. The number of esters is 1. The molecular weight excluding hydrogens is 530 g/mol. The summed E-state index contributed by atoms with van der Waals surface area (Å²) in [5, 5.41) is 3.32. The topological polar surface area (TPSA) is 90.3 Å². The third kappa shape index (κ3) is 5.06. The second kappa shape index (κ2) is 10.5. The van der Waals surface area contributed by atoms with Crippen molar-refractivity contribution in [3.05, 3.63) is 80.1 Å². The van der Waals surface area contributed by atoms with Crippen LogP contribution < -0.4 is 10.9 Å². The maximum atomic E-state index is 13.6. The molecule has 0 bridgehead atoms. The molecule has 0 aliphatic heterocycles. The summed E-state index contributed by atoms with van der Waals surface area (Å²) in [7, 11) is 0. The second-order valence-electron chi connectivity index (χ2n) is 7.86. The first-order chi connectivity index (χ1) is 16.8. The monoisotopic (exact) mass is 553 g/mol. The molecule has 35 heavy (non-hydrogen) atoms. The molecule has 1 amide bonds. The van der Waals surface area contributed by atoms with Gasteiger partial charge in [0.05, 0.1) is 23.9 Å². The number of aromatic nitrogens is 2. The summed E-state index contributed by atoms with van der Waals surface area (Å²) >= 11 is 4.96. The summed E-state index contributed by atoms with van der Waals surface area (Å²) in [6, 6.07) is 13.4. The first-order valence-electron chi connectivity index (χ1n) is 11.2. The van der Waals surface area contributed by atoms with Crippen LogP contribution in [0.2, 0.25) is 0 Å². The van der Waals surface area contributed by atoms with Gasteiger partial charge in [0.2, 0.25) is 5.91 Å². The molecule has 180 valence electrons. The lowest BCUT2D eigenvalue weighted by atomic mass is 10.0. The van der Waals surface area contributed by atoms with Crippen molar-refractivity contribution in [1.82, 2.24) is 9.55 Å². The Labute approximate surface area is 214 Å². The van der Waals surface area contributed by atoms with Crippen LogP contribution in [0.15, 0.2) is 64.1 Å². The Morgan fingerprint density at radius 1 is 1.11 bits per heavy atom. The number of hydrogen-bond donors (Lipinski definition) is 1. The van der Waals surface area contributed by atoms with E-state index < -0.39 is 12.0 Å². The SMILES string of the molecule is CCOC(=O)c1ccc(NC(=O)C(C)n2cnc3sc(CC)c(-c4ccc(Br)cc4)c3c2=O)cc1. The van der Waals surface area contributed by atoms with E-state index >= 15 is 0 Å². The largest absolute Gasteiger partial charge is 0.462 e. The normalized spacial score (nSPS) is 11.9.